The monoisotopic (exact) mass is 358 g/mol. The number of rotatable bonds is 6. The van der Waals surface area contributed by atoms with Crippen LogP contribution < -0.4 is 11.2 Å². The molecule has 0 spiro atoms. The minimum atomic E-state index is -0.257. The van der Waals surface area contributed by atoms with Gasteiger partial charge in [-0.25, -0.2) is 4.79 Å². The van der Waals surface area contributed by atoms with E-state index in [2.05, 4.69) is 18.2 Å². The third-order valence-corrected chi connectivity index (χ3v) is 5.29. The highest BCUT2D eigenvalue weighted by Crippen LogP contribution is 2.18. The molecule has 3 rings (SSSR count). The zero-order valence-electron chi connectivity index (χ0n) is 14.7. The Labute approximate surface area is 150 Å². The van der Waals surface area contributed by atoms with Crippen LogP contribution >= 0.6 is 11.3 Å². The Kier molecular flexibility index (Phi) is 5.20. The van der Waals surface area contributed by atoms with Gasteiger partial charge in [-0.1, -0.05) is 23.8 Å². The number of thiophene rings is 1. The van der Waals surface area contributed by atoms with E-state index >= 15 is 0 Å². The van der Waals surface area contributed by atoms with Gasteiger partial charge in [-0.3, -0.25) is 13.9 Å². The third-order valence-electron chi connectivity index (χ3n) is 4.40. The van der Waals surface area contributed by atoms with Crippen LogP contribution in [0, 0.1) is 13.8 Å². The number of benzene rings is 1. The van der Waals surface area contributed by atoms with Gasteiger partial charge >= 0.3 is 5.69 Å². The molecule has 1 aromatic carbocycles. The van der Waals surface area contributed by atoms with Crippen molar-refractivity contribution in [3.05, 3.63) is 67.2 Å². The van der Waals surface area contributed by atoms with Crippen LogP contribution in [0.15, 0.2) is 39.2 Å². The van der Waals surface area contributed by atoms with Gasteiger partial charge in [-0.2, -0.15) is 0 Å². The summed E-state index contributed by atoms with van der Waals surface area (Å²) in [5.74, 6) is 0. The van der Waals surface area contributed by atoms with Crippen LogP contribution in [0.2, 0.25) is 0 Å². The van der Waals surface area contributed by atoms with Crippen molar-refractivity contribution >= 4 is 21.6 Å². The van der Waals surface area contributed by atoms with Gasteiger partial charge < -0.3 is 4.74 Å². The molecule has 132 valence electrons. The minimum Gasteiger partial charge on any atom is -0.385 e. The molecular formula is C19H22N2O3S. The SMILES string of the molecule is COCCCn1c(=O)c2sccc2n(Cc2cc(C)ccc2C)c1=O. The van der Waals surface area contributed by atoms with Crippen LogP contribution in [0.25, 0.3) is 10.2 Å². The van der Waals surface area contributed by atoms with Crippen LogP contribution in [-0.2, 0) is 17.8 Å². The molecule has 0 bridgehead atoms. The molecule has 3 aromatic rings. The summed E-state index contributed by atoms with van der Waals surface area (Å²) in [5, 5.41) is 1.87. The van der Waals surface area contributed by atoms with E-state index in [9.17, 15) is 9.59 Å². The van der Waals surface area contributed by atoms with Gasteiger partial charge in [0.2, 0.25) is 0 Å². The smallest absolute Gasteiger partial charge is 0.331 e. The van der Waals surface area contributed by atoms with Crippen molar-refractivity contribution in [2.75, 3.05) is 13.7 Å². The topological polar surface area (TPSA) is 53.2 Å². The van der Waals surface area contributed by atoms with Crippen molar-refractivity contribution in [3.63, 3.8) is 0 Å². The fourth-order valence-electron chi connectivity index (χ4n) is 2.99. The van der Waals surface area contributed by atoms with Gasteiger partial charge in [-0.05, 0) is 42.8 Å². The van der Waals surface area contributed by atoms with Gasteiger partial charge in [0.25, 0.3) is 5.56 Å². The highest BCUT2D eigenvalue weighted by Gasteiger charge is 2.15. The van der Waals surface area contributed by atoms with Crippen LogP contribution in [0.5, 0.6) is 0 Å². The summed E-state index contributed by atoms with van der Waals surface area (Å²) in [5.41, 5.74) is 3.64. The number of nitrogens with zero attached hydrogens (tertiary/aromatic N) is 2. The maximum Gasteiger partial charge on any atom is 0.331 e. The molecular weight excluding hydrogens is 336 g/mol. The zero-order chi connectivity index (χ0) is 18.0. The lowest BCUT2D eigenvalue weighted by Crippen LogP contribution is -2.40. The first-order valence-corrected chi connectivity index (χ1v) is 9.17. The average molecular weight is 358 g/mol. The van der Waals surface area contributed by atoms with Gasteiger partial charge in [0.1, 0.15) is 4.70 Å². The van der Waals surface area contributed by atoms with E-state index in [1.807, 2.05) is 25.3 Å². The Bertz CT molecular complexity index is 1010. The quantitative estimate of drug-likeness (QED) is 0.637. The maximum atomic E-state index is 13.0. The molecule has 0 fully saturated rings. The molecule has 0 atom stereocenters. The fraction of sp³-hybridized carbons (Fsp3) is 0.368. The van der Waals surface area contributed by atoms with Crippen LogP contribution in [0.3, 0.4) is 0 Å². The first-order valence-electron chi connectivity index (χ1n) is 8.29. The normalized spacial score (nSPS) is 11.3. The van der Waals surface area contributed by atoms with E-state index in [4.69, 9.17) is 4.74 Å². The molecule has 5 nitrogen and oxygen atoms in total. The van der Waals surface area contributed by atoms with Crippen molar-refractivity contribution in [2.24, 2.45) is 0 Å². The van der Waals surface area contributed by atoms with Gasteiger partial charge in [0.05, 0.1) is 12.1 Å². The Morgan fingerprint density at radius 3 is 2.68 bits per heavy atom. The molecule has 6 heteroatoms. The second kappa shape index (κ2) is 7.37. The number of aromatic nitrogens is 2. The highest BCUT2D eigenvalue weighted by atomic mass is 32.1. The molecule has 0 aliphatic carbocycles. The Morgan fingerprint density at radius 2 is 1.92 bits per heavy atom. The van der Waals surface area contributed by atoms with Crippen LogP contribution in [0.1, 0.15) is 23.1 Å². The lowest BCUT2D eigenvalue weighted by molar-refractivity contribution is 0.189. The maximum absolute atomic E-state index is 13.0. The van der Waals surface area contributed by atoms with E-state index in [1.165, 1.54) is 15.9 Å². The summed E-state index contributed by atoms with van der Waals surface area (Å²) >= 11 is 1.38. The van der Waals surface area contributed by atoms with Gasteiger partial charge in [0.15, 0.2) is 0 Å². The van der Waals surface area contributed by atoms with Crippen molar-refractivity contribution in [3.8, 4) is 0 Å². The fourth-order valence-corrected chi connectivity index (χ4v) is 3.83. The number of hydrogen-bond acceptors (Lipinski definition) is 4. The Morgan fingerprint density at radius 1 is 1.12 bits per heavy atom. The molecule has 0 aliphatic heterocycles. The lowest BCUT2D eigenvalue weighted by atomic mass is 10.1. The predicted octanol–water partition coefficient (Wildman–Crippen LogP) is 2.93. The van der Waals surface area contributed by atoms with E-state index in [0.717, 1.165) is 16.7 Å². The summed E-state index contributed by atoms with van der Waals surface area (Å²) < 4.78 is 8.72. The molecule has 2 aromatic heterocycles. The third kappa shape index (κ3) is 3.45. The van der Waals surface area contributed by atoms with E-state index < -0.39 is 0 Å². The predicted molar refractivity (Wildman–Crippen MR) is 102 cm³/mol. The standard InChI is InChI=1S/C19H22N2O3S/c1-13-5-6-14(2)15(11-13)12-21-16-7-10-25-17(16)18(22)20(19(21)23)8-4-9-24-3/h5-7,10-11H,4,8-9,12H2,1-3H3. The summed E-state index contributed by atoms with van der Waals surface area (Å²) in [4.78, 5) is 25.6. The molecule has 0 saturated heterocycles. The molecule has 0 amide bonds. The Hall–Kier alpha value is -2.18. The zero-order valence-corrected chi connectivity index (χ0v) is 15.6. The van der Waals surface area contributed by atoms with Crippen LogP contribution in [0.4, 0.5) is 0 Å². The molecule has 0 aliphatic rings. The number of fused-ring (bicyclic) bond motifs is 1. The average Bonchev–Trinajstić information content (AvgIpc) is 3.07. The van der Waals surface area contributed by atoms with E-state index in [1.54, 1.807) is 11.7 Å². The number of methoxy groups -OCH3 is 1. The van der Waals surface area contributed by atoms with Gasteiger partial charge in [0, 0.05) is 20.3 Å². The summed E-state index contributed by atoms with van der Waals surface area (Å²) in [7, 11) is 1.62. The molecule has 0 radical (unpaired) electrons. The largest absolute Gasteiger partial charge is 0.385 e. The molecule has 0 N–H and O–H groups in total. The summed E-state index contributed by atoms with van der Waals surface area (Å²) in [6, 6.07) is 8.08. The number of hydrogen-bond donors (Lipinski definition) is 0. The minimum absolute atomic E-state index is 0.205. The summed E-state index contributed by atoms with van der Waals surface area (Å²) in [6.45, 7) is 5.43. The first kappa shape index (κ1) is 17.6. The lowest BCUT2D eigenvalue weighted by Gasteiger charge is -2.14. The number of aryl methyl sites for hydroxylation is 2. The Balaban J connectivity index is 2.13. The van der Waals surface area contributed by atoms with E-state index in [-0.39, 0.29) is 11.2 Å². The van der Waals surface area contributed by atoms with Gasteiger partial charge in [-0.15, -0.1) is 11.3 Å². The molecule has 0 saturated carbocycles. The van der Waals surface area contributed by atoms with Crippen molar-refractivity contribution in [1.82, 2.24) is 9.13 Å². The van der Waals surface area contributed by atoms with Crippen molar-refractivity contribution in [1.29, 1.82) is 0 Å². The second-order valence-electron chi connectivity index (χ2n) is 6.24. The second-order valence-corrected chi connectivity index (χ2v) is 7.15. The van der Waals surface area contributed by atoms with Crippen molar-refractivity contribution < 1.29 is 4.74 Å². The molecule has 0 unspecified atom stereocenters. The van der Waals surface area contributed by atoms with Crippen molar-refractivity contribution in [2.45, 2.75) is 33.4 Å². The van der Waals surface area contributed by atoms with Crippen LogP contribution in [-0.4, -0.2) is 22.9 Å². The van der Waals surface area contributed by atoms with E-state index in [0.29, 0.717) is 36.3 Å². The first-order chi connectivity index (χ1) is 12.0. The number of ether oxygens (including phenoxy) is 1. The molecule has 2 heterocycles. The molecule has 25 heavy (non-hydrogen) atoms. The highest BCUT2D eigenvalue weighted by molar-refractivity contribution is 7.17. The summed E-state index contributed by atoms with van der Waals surface area (Å²) in [6.07, 6.45) is 0.631.